The van der Waals surface area contributed by atoms with Crippen LogP contribution in [0, 0.1) is 5.92 Å². The van der Waals surface area contributed by atoms with Crippen LogP contribution in [-0.2, 0) is 9.47 Å². The molecule has 0 N–H and O–H groups in total. The van der Waals surface area contributed by atoms with Crippen molar-refractivity contribution in [1.82, 2.24) is 0 Å². The van der Waals surface area contributed by atoms with Gasteiger partial charge in [0.2, 0.25) is 0 Å². The number of benzene rings is 1. The van der Waals surface area contributed by atoms with Gasteiger partial charge in [0.05, 0.1) is 12.2 Å². The van der Waals surface area contributed by atoms with Gasteiger partial charge in [0.1, 0.15) is 0 Å². The molecule has 1 aliphatic heterocycles. The summed E-state index contributed by atoms with van der Waals surface area (Å²) in [5.41, 5.74) is 1.25. The summed E-state index contributed by atoms with van der Waals surface area (Å²) < 4.78 is 12.0. The molecule has 94 valence electrons. The summed E-state index contributed by atoms with van der Waals surface area (Å²) in [6.07, 6.45) is 1.42. The van der Waals surface area contributed by atoms with E-state index in [1.807, 2.05) is 19.9 Å². The highest BCUT2D eigenvalue weighted by atomic mass is 16.7. The summed E-state index contributed by atoms with van der Waals surface area (Å²) in [6, 6.07) is 10.4. The van der Waals surface area contributed by atoms with Crippen molar-refractivity contribution in [2.24, 2.45) is 5.92 Å². The third-order valence-corrected chi connectivity index (χ3v) is 3.44. The topological polar surface area (TPSA) is 18.5 Å². The average molecular weight is 234 g/mol. The molecule has 3 atom stereocenters. The highest BCUT2D eigenvalue weighted by Crippen LogP contribution is 2.40. The van der Waals surface area contributed by atoms with Crippen molar-refractivity contribution < 1.29 is 9.47 Å². The van der Waals surface area contributed by atoms with E-state index in [1.165, 1.54) is 5.56 Å². The molecule has 0 aliphatic carbocycles. The fourth-order valence-electron chi connectivity index (χ4n) is 2.58. The number of hydrogen-bond donors (Lipinski definition) is 0. The number of ether oxygens (including phenoxy) is 2. The maximum absolute atomic E-state index is 6.08. The lowest BCUT2D eigenvalue weighted by Gasteiger charge is -2.45. The third-order valence-electron chi connectivity index (χ3n) is 3.44. The first-order valence-corrected chi connectivity index (χ1v) is 6.44. The molecule has 0 saturated carbocycles. The molecule has 0 radical (unpaired) electrons. The minimum absolute atomic E-state index is 0.130. The predicted octanol–water partition coefficient (Wildman–Crippen LogP) is 3.93. The molecule has 1 saturated heterocycles. The summed E-state index contributed by atoms with van der Waals surface area (Å²) in [4.78, 5) is 0. The smallest absolute Gasteiger partial charge is 0.163 e. The lowest BCUT2D eigenvalue weighted by Crippen LogP contribution is -2.46. The van der Waals surface area contributed by atoms with Crippen molar-refractivity contribution in [1.29, 1.82) is 0 Å². The Labute approximate surface area is 104 Å². The van der Waals surface area contributed by atoms with E-state index in [4.69, 9.17) is 9.47 Å². The van der Waals surface area contributed by atoms with Gasteiger partial charge < -0.3 is 9.47 Å². The molecule has 2 rings (SSSR count). The van der Waals surface area contributed by atoms with Crippen LogP contribution in [0.4, 0.5) is 0 Å². The summed E-state index contributed by atoms with van der Waals surface area (Å²) >= 11 is 0. The summed E-state index contributed by atoms with van der Waals surface area (Å²) in [7, 11) is 0. The molecule has 2 nitrogen and oxygen atoms in total. The molecule has 0 bridgehead atoms. The molecular weight excluding hydrogens is 212 g/mol. The van der Waals surface area contributed by atoms with Gasteiger partial charge in [-0.25, -0.2) is 0 Å². The van der Waals surface area contributed by atoms with Crippen molar-refractivity contribution in [3.05, 3.63) is 35.9 Å². The Morgan fingerprint density at radius 2 is 1.76 bits per heavy atom. The second kappa shape index (κ2) is 4.79. The monoisotopic (exact) mass is 234 g/mol. The summed E-state index contributed by atoms with van der Waals surface area (Å²) in [6.45, 7) is 8.38. The Bertz CT molecular complexity index is 358. The first-order valence-electron chi connectivity index (χ1n) is 6.44. The van der Waals surface area contributed by atoms with E-state index in [2.05, 4.69) is 38.1 Å². The van der Waals surface area contributed by atoms with Gasteiger partial charge >= 0.3 is 0 Å². The van der Waals surface area contributed by atoms with Crippen molar-refractivity contribution in [2.75, 3.05) is 0 Å². The van der Waals surface area contributed by atoms with Gasteiger partial charge in [-0.15, -0.1) is 0 Å². The van der Waals surface area contributed by atoms with Gasteiger partial charge in [0, 0.05) is 5.92 Å². The highest BCUT2D eigenvalue weighted by Gasteiger charge is 2.40. The first-order chi connectivity index (χ1) is 8.03. The second-order valence-corrected chi connectivity index (χ2v) is 5.27. The summed E-state index contributed by atoms with van der Waals surface area (Å²) in [5, 5.41) is 0. The van der Waals surface area contributed by atoms with Crippen LogP contribution in [0.15, 0.2) is 30.3 Å². The largest absolute Gasteiger partial charge is 0.347 e. The van der Waals surface area contributed by atoms with E-state index in [1.54, 1.807) is 0 Å². The van der Waals surface area contributed by atoms with Crippen LogP contribution in [0.2, 0.25) is 0 Å². The Kier molecular flexibility index (Phi) is 3.55. The molecular formula is C15H22O2. The zero-order chi connectivity index (χ0) is 12.5. The Morgan fingerprint density at radius 1 is 1.12 bits per heavy atom. The van der Waals surface area contributed by atoms with E-state index in [0.29, 0.717) is 5.92 Å². The SMILES string of the molecule is CC[C@H]1OC(C)(C)O[C@H](c2ccccc2)[C@H]1C. The van der Waals surface area contributed by atoms with Crippen LogP contribution in [0.3, 0.4) is 0 Å². The van der Waals surface area contributed by atoms with E-state index < -0.39 is 5.79 Å². The quantitative estimate of drug-likeness (QED) is 0.772. The molecule has 2 heteroatoms. The minimum Gasteiger partial charge on any atom is -0.347 e. The Hall–Kier alpha value is -0.860. The average Bonchev–Trinajstić information content (AvgIpc) is 2.33. The predicted molar refractivity (Wildman–Crippen MR) is 68.7 cm³/mol. The molecule has 1 aliphatic rings. The molecule has 1 aromatic carbocycles. The van der Waals surface area contributed by atoms with Crippen molar-refractivity contribution in [3.8, 4) is 0 Å². The van der Waals surface area contributed by atoms with E-state index in [-0.39, 0.29) is 12.2 Å². The fourth-order valence-corrected chi connectivity index (χ4v) is 2.58. The first kappa shape index (κ1) is 12.6. The lowest BCUT2D eigenvalue weighted by atomic mass is 9.89. The van der Waals surface area contributed by atoms with Gasteiger partial charge in [-0.2, -0.15) is 0 Å². The zero-order valence-electron chi connectivity index (χ0n) is 11.1. The molecule has 0 amide bonds. The molecule has 0 unspecified atom stereocenters. The molecule has 1 aromatic rings. The van der Waals surface area contributed by atoms with Crippen molar-refractivity contribution >= 4 is 0 Å². The summed E-state index contributed by atoms with van der Waals surface area (Å²) in [5.74, 6) is -0.108. The van der Waals surface area contributed by atoms with Crippen LogP contribution < -0.4 is 0 Å². The lowest BCUT2D eigenvalue weighted by molar-refractivity contribution is -0.322. The van der Waals surface area contributed by atoms with Crippen molar-refractivity contribution in [2.45, 2.75) is 52.1 Å². The molecule has 1 heterocycles. The van der Waals surface area contributed by atoms with Crippen molar-refractivity contribution in [3.63, 3.8) is 0 Å². The van der Waals surface area contributed by atoms with Crippen LogP contribution >= 0.6 is 0 Å². The van der Waals surface area contributed by atoms with E-state index in [0.717, 1.165) is 6.42 Å². The van der Waals surface area contributed by atoms with Gasteiger partial charge in [-0.1, -0.05) is 44.2 Å². The van der Waals surface area contributed by atoms with E-state index in [9.17, 15) is 0 Å². The second-order valence-electron chi connectivity index (χ2n) is 5.27. The highest BCUT2D eigenvalue weighted by molar-refractivity contribution is 5.19. The molecule has 1 fully saturated rings. The molecule has 17 heavy (non-hydrogen) atoms. The van der Waals surface area contributed by atoms with Gasteiger partial charge in [0.15, 0.2) is 5.79 Å². The van der Waals surface area contributed by atoms with Crippen LogP contribution in [0.5, 0.6) is 0 Å². The van der Waals surface area contributed by atoms with Crippen LogP contribution in [-0.4, -0.2) is 11.9 Å². The number of hydrogen-bond acceptors (Lipinski definition) is 2. The Balaban J connectivity index is 2.26. The van der Waals surface area contributed by atoms with Gasteiger partial charge in [-0.05, 0) is 25.8 Å². The minimum atomic E-state index is -0.492. The molecule has 0 aromatic heterocycles. The Morgan fingerprint density at radius 3 is 2.35 bits per heavy atom. The van der Waals surface area contributed by atoms with Crippen LogP contribution in [0.1, 0.15) is 45.8 Å². The van der Waals surface area contributed by atoms with Gasteiger partial charge in [0.25, 0.3) is 0 Å². The molecule has 0 spiro atoms. The zero-order valence-corrected chi connectivity index (χ0v) is 11.1. The maximum atomic E-state index is 6.08. The standard InChI is InChI=1S/C15H22O2/c1-5-13-11(2)14(17-15(3,4)16-13)12-9-7-6-8-10-12/h6-11,13-14H,5H2,1-4H3/t11-,13+,14-/m0/s1. The maximum Gasteiger partial charge on any atom is 0.163 e. The van der Waals surface area contributed by atoms with E-state index >= 15 is 0 Å². The fraction of sp³-hybridized carbons (Fsp3) is 0.600. The number of rotatable bonds is 2. The normalized spacial score (nSPS) is 32.4. The van der Waals surface area contributed by atoms with Crippen LogP contribution in [0.25, 0.3) is 0 Å². The van der Waals surface area contributed by atoms with Gasteiger partial charge in [-0.3, -0.25) is 0 Å². The third kappa shape index (κ3) is 2.70.